The van der Waals surface area contributed by atoms with Crippen LogP contribution in [0.15, 0.2) is 18.2 Å². The van der Waals surface area contributed by atoms with E-state index in [1.165, 1.54) is 25.3 Å². The van der Waals surface area contributed by atoms with Crippen LogP contribution in [0.1, 0.15) is 12.8 Å². The molecular formula is C12H12ClN3O5S. The second kappa shape index (κ2) is 8.25. The van der Waals surface area contributed by atoms with Gasteiger partial charge >= 0.3 is 5.97 Å². The van der Waals surface area contributed by atoms with Crippen molar-refractivity contribution in [3.05, 3.63) is 33.3 Å². The minimum Gasteiger partial charge on any atom is -0.469 e. The van der Waals surface area contributed by atoms with E-state index in [1.54, 1.807) is 0 Å². The Kier molecular flexibility index (Phi) is 6.67. The fourth-order valence-electron chi connectivity index (χ4n) is 1.40. The lowest BCUT2D eigenvalue weighted by molar-refractivity contribution is -0.384. The van der Waals surface area contributed by atoms with Crippen LogP contribution in [0.3, 0.4) is 0 Å². The molecule has 0 radical (unpaired) electrons. The molecule has 0 spiro atoms. The highest BCUT2D eigenvalue weighted by Crippen LogP contribution is 2.27. The number of ether oxygens (including phenoxy) is 1. The van der Waals surface area contributed by atoms with Crippen molar-refractivity contribution in [3.8, 4) is 0 Å². The van der Waals surface area contributed by atoms with Crippen LogP contribution in [0.4, 0.5) is 11.4 Å². The first-order chi connectivity index (χ1) is 10.3. The van der Waals surface area contributed by atoms with Gasteiger partial charge in [-0.1, -0.05) is 11.6 Å². The molecule has 1 rings (SSSR count). The fourth-order valence-corrected chi connectivity index (χ4v) is 1.82. The van der Waals surface area contributed by atoms with Crippen LogP contribution in [0.25, 0.3) is 0 Å². The lowest BCUT2D eigenvalue weighted by Gasteiger charge is -2.09. The number of rotatable bonds is 5. The quantitative estimate of drug-likeness (QED) is 0.363. The Morgan fingerprint density at radius 1 is 1.41 bits per heavy atom. The number of methoxy groups -OCH3 is 1. The van der Waals surface area contributed by atoms with Gasteiger partial charge in [0.15, 0.2) is 5.11 Å². The molecule has 0 saturated carbocycles. The van der Waals surface area contributed by atoms with Crippen LogP contribution in [0, 0.1) is 10.1 Å². The number of carbonyl (C=O) groups is 2. The number of benzene rings is 1. The van der Waals surface area contributed by atoms with Crippen molar-refractivity contribution in [3.63, 3.8) is 0 Å². The van der Waals surface area contributed by atoms with Gasteiger partial charge in [0.2, 0.25) is 5.91 Å². The van der Waals surface area contributed by atoms with Crippen LogP contribution >= 0.6 is 23.8 Å². The Hall–Kier alpha value is -2.26. The van der Waals surface area contributed by atoms with Crippen molar-refractivity contribution < 1.29 is 19.2 Å². The third kappa shape index (κ3) is 5.62. The zero-order valence-corrected chi connectivity index (χ0v) is 13.0. The van der Waals surface area contributed by atoms with Crippen molar-refractivity contribution in [2.75, 3.05) is 12.4 Å². The zero-order valence-electron chi connectivity index (χ0n) is 11.4. The predicted octanol–water partition coefficient (Wildman–Crippen LogP) is 2.01. The second-order valence-electron chi connectivity index (χ2n) is 4.00. The molecule has 0 fully saturated rings. The van der Waals surface area contributed by atoms with E-state index in [-0.39, 0.29) is 28.7 Å². The molecule has 22 heavy (non-hydrogen) atoms. The molecule has 0 aliphatic rings. The van der Waals surface area contributed by atoms with Crippen LogP contribution in [0.2, 0.25) is 5.02 Å². The Morgan fingerprint density at radius 3 is 2.68 bits per heavy atom. The summed E-state index contributed by atoms with van der Waals surface area (Å²) in [6, 6.07) is 4.00. The number of carbonyl (C=O) groups excluding carboxylic acids is 2. The Balaban J connectivity index is 2.58. The predicted molar refractivity (Wildman–Crippen MR) is 83.7 cm³/mol. The lowest BCUT2D eigenvalue weighted by atomic mass is 10.3. The molecule has 0 aliphatic carbocycles. The van der Waals surface area contributed by atoms with E-state index in [0.717, 1.165) is 0 Å². The number of halogens is 1. The first kappa shape index (κ1) is 17.8. The number of hydrogen-bond donors (Lipinski definition) is 2. The number of hydrogen-bond acceptors (Lipinski definition) is 6. The Labute approximate surface area is 135 Å². The van der Waals surface area contributed by atoms with Gasteiger partial charge in [0, 0.05) is 18.2 Å². The van der Waals surface area contributed by atoms with Gasteiger partial charge in [-0.2, -0.15) is 0 Å². The number of thiocarbonyl (C=S) groups is 1. The number of nitro benzene ring substituents is 1. The van der Waals surface area contributed by atoms with E-state index in [2.05, 4.69) is 15.4 Å². The van der Waals surface area contributed by atoms with Gasteiger partial charge in [-0.25, -0.2) is 0 Å². The SMILES string of the molecule is COC(=O)CCC(=O)NC(=S)Nc1ccc(Cl)c([N+](=O)[O-])c1. The molecule has 0 atom stereocenters. The first-order valence-corrected chi connectivity index (χ1v) is 6.73. The molecule has 1 amide bonds. The highest BCUT2D eigenvalue weighted by Gasteiger charge is 2.14. The molecule has 2 N–H and O–H groups in total. The summed E-state index contributed by atoms with van der Waals surface area (Å²) in [4.78, 5) is 32.5. The first-order valence-electron chi connectivity index (χ1n) is 5.95. The second-order valence-corrected chi connectivity index (χ2v) is 4.82. The fraction of sp³-hybridized carbons (Fsp3) is 0.250. The number of nitro groups is 1. The summed E-state index contributed by atoms with van der Waals surface area (Å²) in [6.45, 7) is 0. The topological polar surface area (TPSA) is 111 Å². The monoisotopic (exact) mass is 345 g/mol. The third-order valence-electron chi connectivity index (χ3n) is 2.44. The minimum atomic E-state index is -0.633. The summed E-state index contributed by atoms with van der Waals surface area (Å²) in [6.07, 6.45) is -0.160. The van der Waals surface area contributed by atoms with Crippen molar-refractivity contribution in [1.29, 1.82) is 0 Å². The van der Waals surface area contributed by atoms with Crippen LogP contribution in [-0.2, 0) is 14.3 Å². The molecule has 0 aromatic heterocycles. The maximum atomic E-state index is 11.5. The summed E-state index contributed by atoms with van der Waals surface area (Å²) >= 11 is 10.6. The zero-order chi connectivity index (χ0) is 16.7. The van der Waals surface area contributed by atoms with Gasteiger partial charge in [0.05, 0.1) is 18.5 Å². The number of nitrogens with zero attached hydrogens (tertiary/aromatic N) is 1. The average Bonchev–Trinajstić information content (AvgIpc) is 2.46. The van der Waals surface area contributed by atoms with Crippen LogP contribution in [0.5, 0.6) is 0 Å². The van der Waals surface area contributed by atoms with E-state index < -0.39 is 16.8 Å². The van der Waals surface area contributed by atoms with E-state index >= 15 is 0 Å². The maximum absolute atomic E-state index is 11.5. The molecule has 118 valence electrons. The normalized spacial score (nSPS) is 9.73. The van der Waals surface area contributed by atoms with E-state index in [4.69, 9.17) is 23.8 Å². The molecule has 0 bridgehead atoms. The van der Waals surface area contributed by atoms with Gasteiger partial charge in [-0.3, -0.25) is 19.7 Å². The third-order valence-corrected chi connectivity index (χ3v) is 2.96. The van der Waals surface area contributed by atoms with Gasteiger partial charge in [-0.05, 0) is 24.4 Å². The summed E-state index contributed by atoms with van der Waals surface area (Å²) < 4.78 is 4.40. The highest BCUT2D eigenvalue weighted by molar-refractivity contribution is 7.80. The van der Waals surface area contributed by atoms with E-state index in [0.29, 0.717) is 5.69 Å². The highest BCUT2D eigenvalue weighted by atomic mass is 35.5. The maximum Gasteiger partial charge on any atom is 0.306 e. The standard InChI is InChI=1S/C12H12ClN3O5S/c1-21-11(18)5-4-10(17)15-12(22)14-7-2-3-8(13)9(6-7)16(19)20/h2-3,6H,4-5H2,1H3,(H2,14,15,17,22). The molecule has 0 saturated heterocycles. The van der Waals surface area contributed by atoms with Gasteiger partial charge in [0.25, 0.3) is 5.69 Å². The minimum absolute atomic E-state index is 0.0106. The molecule has 0 unspecified atom stereocenters. The molecule has 0 heterocycles. The Morgan fingerprint density at radius 2 is 2.09 bits per heavy atom. The number of amides is 1. The largest absolute Gasteiger partial charge is 0.469 e. The van der Waals surface area contributed by atoms with E-state index in [1.807, 2.05) is 0 Å². The van der Waals surface area contributed by atoms with Gasteiger partial charge in [-0.15, -0.1) is 0 Å². The number of nitrogens with one attached hydrogen (secondary N) is 2. The lowest BCUT2D eigenvalue weighted by Crippen LogP contribution is -2.34. The Bertz CT molecular complexity index is 623. The van der Waals surface area contributed by atoms with Crippen LogP contribution < -0.4 is 10.6 Å². The van der Waals surface area contributed by atoms with E-state index in [9.17, 15) is 19.7 Å². The summed E-state index contributed by atoms with van der Waals surface area (Å²) in [5, 5.41) is 15.7. The average molecular weight is 346 g/mol. The smallest absolute Gasteiger partial charge is 0.306 e. The van der Waals surface area contributed by atoms with Crippen LogP contribution in [-0.4, -0.2) is 29.0 Å². The molecule has 0 aliphatic heterocycles. The number of esters is 1. The molecular weight excluding hydrogens is 334 g/mol. The molecule has 8 nitrogen and oxygen atoms in total. The van der Waals surface area contributed by atoms with Crippen molar-refractivity contribution in [2.45, 2.75) is 12.8 Å². The molecule has 10 heteroatoms. The molecule has 1 aromatic carbocycles. The van der Waals surface area contributed by atoms with Crippen molar-refractivity contribution in [1.82, 2.24) is 5.32 Å². The van der Waals surface area contributed by atoms with Gasteiger partial charge < -0.3 is 15.4 Å². The number of anilines is 1. The summed E-state index contributed by atoms with van der Waals surface area (Å²) in [5.74, 6) is -0.992. The summed E-state index contributed by atoms with van der Waals surface area (Å²) in [5.41, 5.74) is 0.0147. The van der Waals surface area contributed by atoms with Gasteiger partial charge in [0.1, 0.15) is 5.02 Å². The van der Waals surface area contributed by atoms with Crippen molar-refractivity contribution >= 4 is 52.2 Å². The summed E-state index contributed by atoms with van der Waals surface area (Å²) in [7, 11) is 1.22. The molecule has 1 aromatic rings. The van der Waals surface area contributed by atoms with Crippen molar-refractivity contribution in [2.24, 2.45) is 0 Å².